The van der Waals surface area contributed by atoms with E-state index < -0.39 is 0 Å². The van der Waals surface area contributed by atoms with Crippen LogP contribution in [0.1, 0.15) is 16.8 Å². The molecule has 1 N–H and O–H groups in total. The van der Waals surface area contributed by atoms with Gasteiger partial charge in [0.15, 0.2) is 0 Å². The van der Waals surface area contributed by atoms with Crippen molar-refractivity contribution in [2.45, 2.75) is 12.5 Å². The molecule has 0 unspecified atom stereocenters. The molecule has 1 aromatic heterocycles. The average Bonchev–Trinajstić information content (AvgIpc) is 2.72. The standard InChI is InChI=1S/C10H12N2O2/c13-10(8-2-1-4-11-6-8)14-9-3-5-12-7-9/h1-2,4,6,9,12H,3,5,7H2/t9-/m0/s1. The van der Waals surface area contributed by atoms with Crippen LogP contribution in [0, 0.1) is 0 Å². The van der Waals surface area contributed by atoms with Gasteiger partial charge in [-0.15, -0.1) is 0 Å². The number of pyridine rings is 1. The molecule has 1 aliphatic rings. The third-order valence-electron chi connectivity index (χ3n) is 2.19. The quantitative estimate of drug-likeness (QED) is 0.697. The minimum Gasteiger partial charge on any atom is -0.457 e. The van der Waals surface area contributed by atoms with Gasteiger partial charge in [0.2, 0.25) is 0 Å². The fourth-order valence-electron chi connectivity index (χ4n) is 1.43. The van der Waals surface area contributed by atoms with Crippen molar-refractivity contribution >= 4 is 5.97 Å². The van der Waals surface area contributed by atoms with Crippen LogP contribution < -0.4 is 5.32 Å². The lowest BCUT2D eigenvalue weighted by atomic mass is 10.3. The number of hydrogen-bond donors (Lipinski definition) is 1. The normalized spacial score (nSPS) is 20.7. The Bertz CT molecular complexity index is 307. The first-order valence-electron chi connectivity index (χ1n) is 4.68. The number of nitrogens with one attached hydrogen (secondary N) is 1. The first-order chi connectivity index (χ1) is 6.86. The van der Waals surface area contributed by atoms with Gasteiger partial charge in [0.05, 0.1) is 5.56 Å². The lowest BCUT2D eigenvalue weighted by Gasteiger charge is -2.09. The van der Waals surface area contributed by atoms with Crippen LogP contribution in [-0.4, -0.2) is 30.1 Å². The molecule has 0 bridgehead atoms. The van der Waals surface area contributed by atoms with Crippen molar-refractivity contribution in [1.82, 2.24) is 10.3 Å². The van der Waals surface area contributed by atoms with Crippen molar-refractivity contribution in [3.05, 3.63) is 30.1 Å². The highest BCUT2D eigenvalue weighted by atomic mass is 16.5. The van der Waals surface area contributed by atoms with E-state index in [1.165, 1.54) is 6.20 Å². The summed E-state index contributed by atoms with van der Waals surface area (Å²) in [6, 6.07) is 3.43. The highest BCUT2D eigenvalue weighted by Crippen LogP contribution is 2.07. The summed E-state index contributed by atoms with van der Waals surface area (Å²) in [5.41, 5.74) is 0.513. The fraction of sp³-hybridized carbons (Fsp3) is 0.400. The molecule has 1 aliphatic heterocycles. The first kappa shape index (κ1) is 9.15. The predicted octanol–water partition coefficient (Wildman–Crippen LogP) is 0.600. The van der Waals surface area contributed by atoms with Crippen LogP contribution in [0.4, 0.5) is 0 Å². The van der Waals surface area contributed by atoms with Crippen molar-refractivity contribution < 1.29 is 9.53 Å². The van der Waals surface area contributed by atoms with Crippen LogP contribution >= 0.6 is 0 Å². The van der Waals surface area contributed by atoms with Crippen molar-refractivity contribution in [2.75, 3.05) is 13.1 Å². The second-order valence-electron chi connectivity index (χ2n) is 3.26. The molecule has 0 saturated carbocycles. The van der Waals surface area contributed by atoms with Gasteiger partial charge in [0.25, 0.3) is 0 Å². The lowest BCUT2D eigenvalue weighted by Crippen LogP contribution is -2.20. The number of hydrogen-bond acceptors (Lipinski definition) is 4. The number of carbonyl (C=O) groups is 1. The van der Waals surface area contributed by atoms with Gasteiger partial charge >= 0.3 is 5.97 Å². The fourth-order valence-corrected chi connectivity index (χ4v) is 1.43. The van der Waals surface area contributed by atoms with Crippen molar-refractivity contribution in [2.24, 2.45) is 0 Å². The molecule has 1 atom stereocenters. The van der Waals surface area contributed by atoms with Gasteiger partial charge in [-0.25, -0.2) is 4.79 Å². The third kappa shape index (κ3) is 2.09. The molecule has 2 heterocycles. The van der Waals surface area contributed by atoms with Crippen molar-refractivity contribution in [3.8, 4) is 0 Å². The number of nitrogens with zero attached hydrogens (tertiary/aromatic N) is 1. The summed E-state index contributed by atoms with van der Waals surface area (Å²) in [4.78, 5) is 15.4. The lowest BCUT2D eigenvalue weighted by molar-refractivity contribution is 0.0344. The Labute approximate surface area is 82.3 Å². The molecule has 2 rings (SSSR count). The van der Waals surface area contributed by atoms with Gasteiger partial charge in [0, 0.05) is 18.9 Å². The largest absolute Gasteiger partial charge is 0.457 e. The van der Waals surface area contributed by atoms with E-state index in [4.69, 9.17) is 4.74 Å². The molecule has 0 radical (unpaired) electrons. The number of ether oxygens (including phenoxy) is 1. The second-order valence-corrected chi connectivity index (χ2v) is 3.26. The van der Waals surface area contributed by atoms with E-state index in [0.29, 0.717) is 5.56 Å². The third-order valence-corrected chi connectivity index (χ3v) is 2.19. The Balaban J connectivity index is 1.95. The molecule has 74 valence electrons. The summed E-state index contributed by atoms with van der Waals surface area (Å²) >= 11 is 0. The smallest absolute Gasteiger partial charge is 0.340 e. The second kappa shape index (κ2) is 4.19. The zero-order valence-electron chi connectivity index (χ0n) is 7.77. The van der Waals surface area contributed by atoms with Crippen molar-refractivity contribution in [1.29, 1.82) is 0 Å². The Morgan fingerprint density at radius 3 is 3.21 bits per heavy atom. The topological polar surface area (TPSA) is 51.2 Å². The summed E-state index contributed by atoms with van der Waals surface area (Å²) in [6.45, 7) is 1.68. The molecule has 1 fully saturated rings. The molecule has 1 aromatic rings. The van der Waals surface area contributed by atoms with E-state index in [1.54, 1.807) is 18.3 Å². The van der Waals surface area contributed by atoms with E-state index in [-0.39, 0.29) is 12.1 Å². The van der Waals surface area contributed by atoms with Crippen LogP contribution in [0.2, 0.25) is 0 Å². The van der Waals surface area contributed by atoms with E-state index in [2.05, 4.69) is 10.3 Å². The number of esters is 1. The van der Waals surface area contributed by atoms with E-state index in [0.717, 1.165) is 19.5 Å². The Morgan fingerprint density at radius 1 is 1.64 bits per heavy atom. The number of carbonyl (C=O) groups excluding carboxylic acids is 1. The Morgan fingerprint density at radius 2 is 2.57 bits per heavy atom. The summed E-state index contributed by atoms with van der Waals surface area (Å²) in [5, 5.41) is 3.14. The highest BCUT2D eigenvalue weighted by molar-refractivity contribution is 5.89. The van der Waals surface area contributed by atoms with Crippen LogP contribution in [0.3, 0.4) is 0 Å². The summed E-state index contributed by atoms with van der Waals surface area (Å²) in [5.74, 6) is -0.285. The molecule has 0 spiro atoms. The predicted molar refractivity (Wildman–Crippen MR) is 50.9 cm³/mol. The molecule has 0 aromatic carbocycles. The van der Waals surface area contributed by atoms with Crippen LogP contribution in [-0.2, 0) is 4.74 Å². The van der Waals surface area contributed by atoms with E-state index >= 15 is 0 Å². The van der Waals surface area contributed by atoms with Gasteiger partial charge < -0.3 is 10.1 Å². The van der Waals surface area contributed by atoms with Crippen molar-refractivity contribution in [3.63, 3.8) is 0 Å². The minimum absolute atomic E-state index is 0.0164. The van der Waals surface area contributed by atoms with E-state index in [1.807, 2.05) is 0 Å². The average molecular weight is 192 g/mol. The minimum atomic E-state index is -0.285. The van der Waals surface area contributed by atoms with Gasteiger partial charge in [-0.1, -0.05) is 0 Å². The molecule has 14 heavy (non-hydrogen) atoms. The molecule has 4 heteroatoms. The zero-order valence-corrected chi connectivity index (χ0v) is 7.77. The summed E-state index contributed by atoms with van der Waals surface area (Å²) < 4.78 is 5.26. The maximum absolute atomic E-state index is 11.5. The highest BCUT2D eigenvalue weighted by Gasteiger charge is 2.19. The van der Waals surface area contributed by atoms with E-state index in [9.17, 15) is 4.79 Å². The summed E-state index contributed by atoms with van der Waals surface area (Å²) in [6.07, 6.45) is 4.06. The monoisotopic (exact) mass is 192 g/mol. The first-order valence-corrected chi connectivity index (χ1v) is 4.68. The molecule has 0 aliphatic carbocycles. The molecule has 4 nitrogen and oxygen atoms in total. The van der Waals surface area contributed by atoms with Gasteiger partial charge in [0.1, 0.15) is 6.10 Å². The van der Waals surface area contributed by atoms with Crippen LogP contribution in [0.5, 0.6) is 0 Å². The maximum atomic E-state index is 11.5. The number of aromatic nitrogens is 1. The maximum Gasteiger partial charge on any atom is 0.340 e. The Hall–Kier alpha value is -1.42. The molecule has 1 saturated heterocycles. The van der Waals surface area contributed by atoms with Crippen LogP contribution in [0.15, 0.2) is 24.5 Å². The molecule has 0 amide bonds. The Kier molecular flexibility index (Phi) is 2.74. The van der Waals surface area contributed by atoms with Crippen LogP contribution in [0.25, 0.3) is 0 Å². The van der Waals surface area contributed by atoms with Gasteiger partial charge in [-0.3, -0.25) is 4.98 Å². The molecular formula is C10H12N2O2. The SMILES string of the molecule is O=C(O[C@H]1CCNC1)c1cccnc1. The molecular weight excluding hydrogens is 180 g/mol. The zero-order chi connectivity index (χ0) is 9.80. The number of rotatable bonds is 2. The van der Waals surface area contributed by atoms with Gasteiger partial charge in [-0.05, 0) is 25.1 Å². The summed E-state index contributed by atoms with van der Waals surface area (Å²) in [7, 11) is 0. The van der Waals surface area contributed by atoms with Gasteiger partial charge in [-0.2, -0.15) is 0 Å².